The Labute approximate surface area is 162 Å². The molecule has 0 saturated carbocycles. The van der Waals surface area contributed by atoms with Crippen LogP contribution in [-0.4, -0.2) is 36.1 Å². The summed E-state index contributed by atoms with van der Waals surface area (Å²) in [5, 5.41) is 6.86. The highest BCUT2D eigenvalue weighted by Crippen LogP contribution is 2.34. The molecule has 2 aromatic rings. The van der Waals surface area contributed by atoms with Gasteiger partial charge in [0, 0.05) is 37.1 Å². The van der Waals surface area contributed by atoms with Crippen LogP contribution in [-0.2, 0) is 17.4 Å². The first-order valence-corrected chi connectivity index (χ1v) is 10.5. The number of rotatable bonds is 3. The molecule has 0 bridgehead atoms. The molecule has 1 aliphatic heterocycles. The van der Waals surface area contributed by atoms with E-state index in [0.29, 0.717) is 0 Å². The number of benzene rings is 1. The Kier molecular flexibility index (Phi) is 5.57. The SMILES string of the molecule is CC(C)(C)c1cc(-c2csc(CN3CCNCC3)n2)cc(C(C)(C)C)c1. The van der Waals surface area contributed by atoms with Crippen molar-refractivity contribution in [2.75, 3.05) is 26.2 Å². The van der Waals surface area contributed by atoms with Gasteiger partial charge in [-0.25, -0.2) is 4.98 Å². The molecule has 3 nitrogen and oxygen atoms in total. The summed E-state index contributed by atoms with van der Waals surface area (Å²) in [6.45, 7) is 19.1. The first-order valence-electron chi connectivity index (χ1n) is 9.67. The molecule has 26 heavy (non-hydrogen) atoms. The molecule has 2 heterocycles. The smallest absolute Gasteiger partial charge is 0.107 e. The number of thiazole rings is 1. The van der Waals surface area contributed by atoms with Gasteiger partial charge in [-0.2, -0.15) is 0 Å². The lowest BCUT2D eigenvalue weighted by molar-refractivity contribution is 0.233. The predicted octanol–water partition coefficient (Wildman–Crippen LogP) is 4.81. The van der Waals surface area contributed by atoms with Crippen LogP contribution in [0.1, 0.15) is 57.7 Å². The second-order valence-electron chi connectivity index (χ2n) is 9.45. The van der Waals surface area contributed by atoms with Crippen molar-refractivity contribution in [2.45, 2.75) is 58.9 Å². The van der Waals surface area contributed by atoms with Gasteiger partial charge in [0.05, 0.1) is 12.2 Å². The van der Waals surface area contributed by atoms with Gasteiger partial charge in [-0.15, -0.1) is 11.3 Å². The van der Waals surface area contributed by atoms with Gasteiger partial charge in [-0.1, -0.05) is 47.6 Å². The van der Waals surface area contributed by atoms with Gasteiger partial charge in [-0.05, 0) is 34.1 Å². The average molecular weight is 372 g/mol. The van der Waals surface area contributed by atoms with E-state index in [1.165, 1.54) is 21.7 Å². The van der Waals surface area contributed by atoms with Gasteiger partial charge < -0.3 is 5.32 Å². The summed E-state index contributed by atoms with van der Waals surface area (Å²) in [5.74, 6) is 0. The van der Waals surface area contributed by atoms with Crippen molar-refractivity contribution >= 4 is 11.3 Å². The Morgan fingerprint density at radius 1 is 0.962 bits per heavy atom. The van der Waals surface area contributed by atoms with E-state index in [0.717, 1.165) is 38.4 Å². The molecule has 0 spiro atoms. The molecular formula is C22H33N3S. The summed E-state index contributed by atoms with van der Waals surface area (Å²) >= 11 is 1.79. The normalized spacial score (nSPS) is 16.8. The van der Waals surface area contributed by atoms with Crippen LogP contribution in [0.15, 0.2) is 23.6 Å². The molecule has 1 aromatic heterocycles. The number of hydrogen-bond donors (Lipinski definition) is 1. The fourth-order valence-corrected chi connectivity index (χ4v) is 4.06. The van der Waals surface area contributed by atoms with E-state index < -0.39 is 0 Å². The first-order chi connectivity index (χ1) is 12.1. The van der Waals surface area contributed by atoms with Crippen molar-refractivity contribution < 1.29 is 0 Å². The standard InChI is InChI=1S/C22H33N3S/c1-21(2,3)17-11-16(12-18(13-17)22(4,5)6)19-15-26-20(24-19)14-25-9-7-23-8-10-25/h11-13,15,23H,7-10,14H2,1-6H3. The number of nitrogens with one attached hydrogen (secondary N) is 1. The highest BCUT2D eigenvalue weighted by atomic mass is 32.1. The molecule has 0 unspecified atom stereocenters. The van der Waals surface area contributed by atoms with Crippen LogP contribution in [0.25, 0.3) is 11.3 Å². The van der Waals surface area contributed by atoms with Gasteiger partial charge in [0.1, 0.15) is 5.01 Å². The summed E-state index contributed by atoms with van der Waals surface area (Å²) in [5.41, 5.74) is 5.42. The molecule has 0 aliphatic carbocycles. The van der Waals surface area contributed by atoms with E-state index in [1.807, 2.05) is 0 Å². The third kappa shape index (κ3) is 4.73. The van der Waals surface area contributed by atoms with E-state index in [-0.39, 0.29) is 10.8 Å². The third-order valence-corrected chi connectivity index (χ3v) is 5.91. The lowest BCUT2D eigenvalue weighted by Crippen LogP contribution is -2.42. The summed E-state index contributed by atoms with van der Waals surface area (Å²) < 4.78 is 0. The molecule has 0 atom stereocenters. The van der Waals surface area contributed by atoms with Crippen LogP contribution in [0, 0.1) is 0 Å². The molecule has 1 N–H and O–H groups in total. The van der Waals surface area contributed by atoms with Crippen LogP contribution in [0.4, 0.5) is 0 Å². The van der Waals surface area contributed by atoms with Crippen molar-refractivity contribution in [1.29, 1.82) is 0 Å². The van der Waals surface area contributed by atoms with Gasteiger partial charge in [0.2, 0.25) is 0 Å². The Balaban J connectivity index is 1.90. The van der Waals surface area contributed by atoms with Crippen LogP contribution in [0.2, 0.25) is 0 Å². The van der Waals surface area contributed by atoms with Crippen LogP contribution in [0.3, 0.4) is 0 Å². The number of nitrogens with zero attached hydrogens (tertiary/aromatic N) is 2. The van der Waals surface area contributed by atoms with E-state index in [2.05, 4.69) is 75.3 Å². The molecule has 1 aromatic carbocycles. The molecule has 3 rings (SSSR count). The van der Waals surface area contributed by atoms with Crippen molar-refractivity contribution in [3.8, 4) is 11.3 Å². The Hall–Kier alpha value is -1.23. The summed E-state index contributed by atoms with van der Waals surface area (Å²) in [7, 11) is 0. The van der Waals surface area contributed by atoms with Gasteiger partial charge >= 0.3 is 0 Å². The van der Waals surface area contributed by atoms with Crippen molar-refractivity contribution in [3.05, 3.63) is 39.7 Å². The van der Waals surface area contributed by atoms with Crippen molar-refractivity contribution in [2.24, 2.45) is 0 Å². The molecule has 4 heteroatoms. The minimum Gasteiger partial charge on any atom is -0.314 e. The topological polar surface area (TPSA) is 28.2 Å². The average Bonchev–Trinajstić information content (AvgIpc) is 3.02. The third-order valence-electron chi connectivity index (χ3n) is 5.08. The molecule has 1 aliphatic rings. The van der Waals surface area contributed by atoms with Gasteiger partial charge in [-0.3, -0.25) is 4.90 Å². The van der Waals surface area contributed by atoms with Crippen LogP contribution < -0.4 is 5.32 Å². The van der Waals surface area contributed by atoms with Crippen molar-refractivity contribution in [3.63, 3.8) is 0 Å². The predicted molar refractivity (Wildman–Crippen MR) is 113 cm³/mol. The lowest BCUT2D eigenvalue weighted by atomic mass is 9.79. The van der Waals surface area contributed by atoms with Gasteiger partial charge in [0.15, 0.2) is 0 Å². The summed E-state index contributed by atoms with van der Waals surface area (Å²) in [4.78, 5) is 7.47. The highest BCUT2D eigenvalue weighted by Gasteiger charge is 2.21. The zero-order valence-electron chi connectivity index (χ0n) is 17.1. The van der Waals surface area contributed by atoms with E-state index in [9.17, 15) is 0 Å². The highest BCUT2D eigenvalue weighted by molar-refractivity contribution is 7.09. The molecule has 142 valence electrons. The molecule has 0 amide bonds. The summed E-state index contributed by atoms with van der Waals surface area (Å²) in [6, 6.07) is 7.04. The first kappa shape index (κ1) is 19.5. The zero-order chi connectivity index (χ0) is 18.9. The molecule has 0 radical (unpaired) electrons. The minimum atomic E-state index is 0.135. The molecule has 1 fully saturated rings. The maximum atomic E-state index is 4.98. The fourth-order valence-electron chi connectivity index (χ4n) is 3.22. The minimum absolute atomic E-state index is 0.135. The Bertz CT molecular complexity index is 711. The molecular weight excluding hydrogens is 338 g/mol. The second-order valence-corrected chi connectivity index (χ2v) is 10.4. The van der Waals surface area contributed by atoms with Crippen LogP contribution in [0.5, 0.6) is 0 Å². The maximum Gasteiger partial charge on any atom is 0.107 e. The maximum absolute atomic E-state index is 4.98. The van der Waals surface area contributed by atoms with Crippen molar-refractivity contribution in [1.82, 2.24) is 15.2 Å². The second kappa shape index (κ2) is 7.41. The molecule has 1 saturated heterocycles. The Morgan fingerprint density at radius 3 is 2.08 bits per heavy atom. The quantitative estimate of drug-likeness (QED) is 0.839. The summed E-state index contributed by atoms with van der Waals surface area (Å²) in [6.07, 6.45) is 0. The van der Waals surface area contributed by atoms with Crippen LogP contribution >= 0.6 is 11.3 Å². The fraction of sp³-hybridized carbons (Fsp3) is 0.591. The Morgan fingerprint density at radius 2 is 1.54 bits per heavy atom. The van der Waals surface area contributed by atoms with E-state index in [1.54, 1.807) is 11.3 Å². The van der Waals surface area contributed by atoms with E-state index >= 15 is 0 Å². The zero-order valence-corrected chi connectivity index (χ0v) is 18.0. The monoisotopic (exact) mass is 371 g/mol. The van der Waals surface area contributed by atoms with E-state index in [4.69, 9.17) is 4.98 Å². The number of piperazine rings is 1. The number of aromatic nitrogens is 1. The largest absolute Gasteiger partial charge is 0.314 e. The number of hydrogen-bond acceptors (Lipinski definition) is 4. The van der Waals surface area contributed by atoms with Gasteiger partial charge in [0.25, 0.3) is 0 Å². The lowest BCUT2D eigenvalue weighted by Gasteiger charge is -2.26.